The summed E-state index contributed by atoms with van der Waals surface area (Å²) in [5.74, 6) is 0.747. The summed E-state index contributed by atoms with van der Waals surface area (Å²) in [6.45, 7) is 2.08. The number of benzene rings is 2. The average molecular weight is 350 g/mol. The van der Waals surface area contributed by atoms with Crippen LogP contribution in [0.3, 0.4) is 0 Å². The first-order valence-electron chi connectivity index (χ1n) is 7.02. The minimum Gasteiger partial charge on any atom is -0.484 e. The Morgan fingerprint density at radius 2 is 1.81 bits per heavy atom. The Bertz CT molecular complexity index is 571. The number of rotatable bonds is 6. The van der Waals surface area contributed by atoms with Crippen LogP contribution in [0.2, 0.25) is 0 Å². The largest absolute Gasteiger partial charge is 0.484 e. The van der Waals surface area contributed by atoms with E-state index in [9.17, 15) is 0 Å². The van der Waals surface area contributed by atoms with Gasteiger partial charge < -0.3 is 15.6 Å². The lowest BCUT2D eigenvalue weighted by Crippen LogP contribution is -2.31. The van der Waals surface area contributed by atoms with Gasteiger partial charge in [0.2, 0.25) is 0 Å². The molecule has 0 heterocycles. The highest BCUT2D eigenvalue weighted by atomic mass is 79.9. The van der Waals surface area contributed by atoms with Crippen LogP contribution in [0.1, 0.15) is 30.6 Å². The molecule has 4 heteroatoms. The molecule has 0 aliphatic rings. The Kier molecular flexibility index (Phi) is 5.79. The Hall–Kier alpha value is -1.36. The summed E-state index contributed by atoms with van der Waals surface area (Å²) in [5, 5.41) is 9.08. The van der Waals surface area contributed by atoms with E-state index in [2.05, 4.69) is 15.9 Å². The van der Waals surface area contributed by atoms with Crippen molar-refractivity contribution in [3.05, 3.63) is 64.1 Å². The average Bonchev–Trinajstić information content (AvgIpc) is 2.53. The van der Waals surface area contributed by atoms with E-state index in [0.29, 0.717) is 0 Å². The maximum absolute atomic E-state index is 9.08. The Morgan fingerprint density at radius 3 is 2.38 bits per heavy atom. The van der Waals surface area contributed by atoms with Gasteiger partial charge in [0.15, 0.2) is 0 Å². The summed E-state index contributed by atoms with van der Waals surface area (Å²) < 4.78 is 7.09. The third kappa shape index (κ3) is 4.06. The van der Waals surface area contributed by atoms with E-state index in [0.717, 1.165) is 27.8 Å². The van der Waals surface area contributed by atoms with E-state index < -0.39 is 0 Å². The minimum atomic E-state index is -0.217. The number of hydrogen-bond acceptors (Lipinski definition) is 3. The Balaban J connectivity index is 2.26. The SMILES string of the molecule is CCC(N)C(Oc1ccc(CO)cc1)c1ccccc1Br. The zero-order chi connectivity index (χ0) is 15.2. The van der Waals surface area contributed by atoms with Crippen LogP contribution in [-0.4, -0.2) is 11.1 Å². The molecule has 2 atom stereocenters. The van der Waals surface area contributed by atoms with Gasteiger partial charge in [-0.25, -0.2) is 0 Å². The molecule has 0 spiro atoms. The predicted molar refractivity (Wildman–Crippen MR) is 88.1 cm³/mol. The smallest absolute Gasteiger partial charge is 0.140 e. The lowest BCUT2D eigenvalue weighted by atomic mass is 10.0. The van der Waals surface area contributed by atoms with E-state index in [1.165, 1.54) is 0 Å². The second-order valence-electron chi connectivity index (χ2n) is 4.93. The van der Waals surface area contributed by atoms with Gasteiger partial charge in [0.1, 0.15) is 11.9 Å². The lowest BCUT2D eigenvalue weighted by molar-refractivity contribution is 0.170. The number of nitrogens with two attached hydrogens (primary N) is 1. The van der Waals surface area contributed by atoms with Gasteiger partial charge in [-0.3, -0.25) is 0 Å². The van der Waals surface area contributed by atoms with E-state index >= 15 is 0 Å². The lowest BCUT2D eigenvalue weighted by Gasteiger charge is -2.25. The van der Waals surface area contributed by atoms with E-state index in [1.807, 2.05) is 55.5 Å². The van der Waals surface area contributed by atoms with Crippen molar-refractivity contribution in [3.63, 3.8) is 0 Å². The third-order valence-corrected chi connectivity index (χ3v) is 4.16. The molecule has 21 heavy (non-hydrogen) atoms. The molecule has 3 nitrogen and oxygen atoms in total. The minimum absolute atomic E-state index is 0.0302. The summed E-state index contributed by atoms with van der Waals surface area (Å²) in [5.41, 5.74) is 8.14. The van der Waals surface area contributed by atoms with Crippen molar-refractivity contribution < 1.29 is 9.84 Å². The van der Waals surface area contributed by atoms with Gasteiger partial charge >= 0.3 is 0 Å². The van der Waals surface area contributed by atoms with Crippen molar-refractivity contribution in [1.82, 2.24) is 0 Å². The molecule has 2 aromatic rings. The van der Waals surface area contributed by atoms with Gasteiger partial charge in [-0.15, -0.1) is 0 Å². The van der Waals surface area contributed by atoms with Crippen molar-refractivity contribution in [3.8, 4) is 5.75 Å². The quantitative estimate of drug-likeness (QED) is 0.833. The Labute approximate surface area is 133 Å². The molecular weight excluding hydrogens is 330 g/mol. The predicted octanol–water partition coefficient (Wildman–Crippen LogP) is 3.80. The standard InChI is InChI=1S/C17H20BrNO2/c1-2-16(19)17(14-5-3-4-6-15(14)18)21-13-9-7-12(11-20)8-10-13/h3-10,16-17,20H,2,11,19H2,1H3. The van der Waals surface area contributed by atoms with Crippen LogP contribution in [-0.2, 0) is 6.61 Å². The second-order valence-corrected chi connectivity index (χ2v) is 5.79. The van der Waals surface area contributed by atoms with Gasteiger partial charge in [-0.2, -0.15) is 0 Å². The number of hydrogen-bond donors (Lipinski definition) is 2. The molecule has 112 valence electrons. The molecule has 0 radical (unpaired) electrons. The van der Waals surface area contributed by atoms with Crippen molar-refractivity contribution in [2.75, 3.05) is 0 Å². The normalized spacial score (nSPS) is 13.7. The van der Waals surface area contributed by atoms with Crippen molar-refractivity contribution >= 4 is 15.9 Å². The van der Waals surface area contributed by atoms with Crippen molar-refractivity contribution in [2.45, 2.75) is 32.1 Å². The highest BCUT2D eigenvalue weighted by Crippen LogP contribution is 2.30. The fourth-order valence-electron chi connectivity index (χ4n) is 2.12. The number of halogens is 1. The molecule has 0 saturated carbocycles. The van der Waals surface area contributed by atoms with Crippen LogP contribution >= 0.6 is 15.9 Å². The van der Waals surface area contributed by atoms with Crippen LogP contribution in [0, 0.1) is 0 Å². The number of ether oxygens (including phenoxy) is 1. The van der Waals surface area contributed by atoms with Crippen molar-refractivity contribution in [1.29, 1.82) is 0 Å². The topological polar surface area (TPSA) is 55.5 Å². The molecule has 0 aliphatic carbocycles. The molecule has 0 aromatic heterocycles. The zero-order valence-corrected chi connectivity index (χ0v) is 13.6. The maximum Gasteiger partial charge on any atom is 0.140 e. The van der Waals surface area contributed by atoms with Crippen LogP contribution < -0.4 is 10.5 Å². The van der Waals surface area contributed by atoms with Gasteiger partial charge in [0.25, 0.3) is 0 Å². The zero-order valence-electron chi connectivity index (χ0n) is 12.0. The molecule has 3 N–H and O–H groups in total. The van der Waals surface area contributed by atoms with E-state index in [4.69, 9.17) is 15.6 Å². The second kappa shape index (κ2) is 7.59. The van der Waals surface area contributed by atoms with E-state index in [-0.39, 0.29) is 18.8 Å². The first-order chi connectivity index (χ1) is 10.2. The molecule has 0 fully saturated rings. The van der Waals surface area contributed by atoms with Crippen LogP contribution in [0.15, 0.2) is 53.0 Å². The first-order valence-corrected chi connectivity index (χ1v) is 7.81. The maximum atomic E-state index is 9.08. The molecular formula is C17H20BrNO2. The molecule has 0 bridgehead atoms. The fraction of sp³-hybridized carbons (Fsp3) is 0.294. The van der Waals surface area contributed by atoms with Gasteiger partial charge in [-0.05, 0) is 30.2 Å². The highest BCUT2D eigenvalue weighted by Gasteiger charge is 2.22. The first kappa shape index (κ1) is 16.0. The number of aliphatic hydroxyl groups is 1. The summed E-state index contributed by atoms with van der Waals surface area (Å²) >= 11 is 3.56. The molecule has 0 aliphatic heterocycles. The third-order valence-electron chi connectivity index (χ3n) is 3.44. The molecule has 0 saturated heterocycles. The molecule has 2 rings (SSSR count). The number of aliphatic hydroxyl groups excluding tert-OH is 1. The molecule has 0 amide bonds. The Morgan fingerprint density at radius 1 is 1.14 bits per heavy atom. The van der Waals surface area contributed by atoms with Crippen LogP contribution in [0.25, 0.3) is 0 Å². The fourth-order valence-corrected chi connectivity index (χ4v) is 2.63. The van der Waals surface area contributed by atoms with Gasteiger partial charge in [-0.1, -0.05) is 53.2 Å². The van der Waals surface area contributed by atoms with Gasteiger partial charge in [0, 0.05) is 16.1 Å². The van der Waals surface area contributed by atoms with E-state index in [1.54, 1.807) is 0 Å². The summed E-state index contributed by atoms with van der Waals surface area (Å²) in [6.07, 6.45) is 0.603. The summed E-state index contributed by atoms with van der Waals surface area (Å²) in [7, 11) is 0. The molecule has 2 aromatic carbocycles. The van der Waals surface area contributed by atoms with Gasteiger partial charge in [0.05, 0.1) is 6.61 Å². The monoisotopic (exact) mass is 349 g/mol. The highest BCUT2D eigenvalue weighted by molar-refractivity contribution is 9.10. The van der Waals surface area contributed by atoms with Crippen LogP contribution in [0.5, 0.6) is 5.75 Å². The summed E-state index contributed by atoms with van der Waals surface area (Å²) in [4.78, 5) is 0. The van der Waals surface area contributed by atoms with Crippen molar-refractivity contribution in [2.24, 2.45) is 5.73 Å². The van der Waals surface area contributed by atoms with Crippen LogP contribution in [0.4, 0.5) is 0 Å². The molecule has 2 unspecified atom stereocenters. The summed E-state index contributed by atoms with van der Waals surface area (Å²) in [6, 6.07) is 15.3.